The van der Waals surface area contributed by atoms with E-state index in [1.165, 1.54) is 6.33 Å². The van der Waals surface area contributed by atoms with Gasteiger partial charge in [0.15, 0.2) is 0 Å². The first-order valence-corrected chi connectivity index (χ1v) is 6.81. The van der Waals surface area contributed by atoms with E-state index in [9.17, 15) is 4.79 Å². The van der Waals surface area contributed by atoms with Gasteiger partial charge in [0.25, 0.3) is 5.91 Å². The molecule has 0 fully saturated rings. The molecule has 3 aromatic rings. The fourth-order valence-corrected chi connectivity index (χ4v) is 2.16. The van der Waals surface area contributed by atoms with Crippen LogP contribution in [0.5, 0.6) is 0 Å². The number of amides is 1. The number of carbonyl (C=O) groups is 1. The van der Waals surface area contributed by atoms with Crippen LogP contribution in [0.3, 0.4) is 0 Å². The molecule has 0 atom stereocenters. The minimum atomic E-state index is -0.157. The predicted octanol–water partition coefficient (Wildman–Crippen LogP) is 1.12. The average molecular weight is 284 g/mol. The molecule has 108 valence electrons. The van der Waals surface area contributed by atoms with E-state index >= 15 is 0 Å². The number of nitrogens with zero attached hydrogens (tertiary/aromatic N) is 4. The molecule has 0 aliphatic carbocycles. The molecule has 0 bridgehead atoms. The zero-order valence-corrected chi connectivity index (χ0v) is 11.7. The second kappa shape index (κ2) is 5.74. The summed E-state index contributed by atoms with van der Waals surface area (Å²) < 4.78 is 1.91. The number of fused-ring (bicyclic) bond motifs is 1. The molecule has 3 rings (SSSR count). The fourth-order valence-electron chi connectivity index (χ4n) is 2.16. The van der Waals surface area contributed by atoms with Crippen LogP contribution in [0.1, 0.15) is 28.4 Å². The number of pyridine rings is 1. The average Bonchev–Trinajstić information content (AvgIpc) is 3.13. The second-order valence-corrected chi connectivity index (χ2v) is 4.81. The molecule has 3 aromatic heterocycles. The van der Waals surface area contributed by atoms with Gasteiger partial charge >= 0.3 is 0 Å². The molecule has 1 amide bonds. The van der Waals surface area contributed by atoms with Crippen LogP contribution in [0.15, 0.2) is 30.7 Å². The molecule has 7 heteroatoms. The molecule has 0 unspecified atom stereocenters. The monoisotopic (exact) mass is 284 g/mol. The van der Waals surface area contributed by atoms with Crippen molar-refractivity contribution in [3.63, 3.8) is 0 Å². The lowest BCUT2D eigenvalue weighted by Crippen LogP contribution is -2.25. The number of nitrogens with one attached hydrogen (secondary N) is 2. The standard InChI is InChI=1S/C14H16N6O/c1-10-4-2-6-13-18-11(8-20(10)13)14(21)15-7-3-5-12-16-9-17-19-12/h2,4,6,8-9H,3,5,7H2,1H3,(H,15,21)(H,16,17,19). The Morgan fingerprint density at radius 2 is 2.33 bits per heavy atom. The normalized spacial score (nSPS) is 10.9. The Bertz CT molecular complexity index is 746. The zero-order valence-electron chi connectivity index (χ0n) is 11.7. The molecule has 0 aliphatic heterocycles. The number of aryl methyl sites for hydroxylation is 2. The molecular weight excluding hydrogens is 268 g/mol. The molecule has 0 saturated heterocycles. The number of hydrogen-bond acceptors (Lipinski definition) is 4. The Labute approximate surface area is 121 Å². The van der Waals surface area contributed by atoms with Gasteiger partial charge in [0.05, 0.1) is 0 Å². The van der Waals surface area contributed by atoms with Gasteiger partial charge in [-0.2, -0.15) is 5.10 Å². The lowest BCUT2D eigenvalue weighted by Gasteiger charge is -2.01. The Kier molecular flexibility index (Phi) is 3.63. The molecule has 0 aromatic carbocycles. The maximum atomic E-state index is 12.1. The highest BCUT2D eigenvalue weighted by Gasteiger charge is 2.10. The molecule has 0 saturated carbocycles. The number of carbonyl (C=O) groups excluding carboxylic acids is 1. The fraction of sp³-hybridized carbons (Fsp3) is 0.286. The van der Waals surface area contributed by atoms with E-state index in [4.69, 9.17) is 0 Å². The Morgan fingerprint density at radius 3 is 3.10 bits per heavy atom. The summed E-state index contributed by atoms with van der Waals surface area (Å²) in [7, 11) is 0. The number of aromatic amines is 1. The minimum absolute atomic E-state index is 0.157. The predicted molar refractivity (Wildman–Crippen MR) is 77.0 cm³/mol. The van der Waals surface area contributed by atoms with Crippen molar-refractivity contribution >= 4 is 11.6 Å². The molecule has 2 N–H and O–H groups in total. The van der Waals surface area contributed by atoms with E-state index in [0.29, 0.717) is 12.2 Å². The Hall–Kier alpha value is -2.70. The number of aromatic nitrogens is 5. The summed E-state index contributed by atoms with van der Waals surface area (Å²) in [5.41, 5.74) is 2.26. The molecule has 21 heavy (non-hydrogen) atoms. The largest absolute Gasteiger partial charge is 0.351 e. The van der Waals surface area contributed by atoms with Crippen molar-refractivity contribution in [1.29, 1.82) is 0 Å². The summed E-state index contributed by atoms with van der Waals surface area (Å²) in [6, 6.07) is 5.79. The van der Waals surface area contributed by atoms with E-state index in [2.05, 4.69) is 25.5 Å². The van der Waals surface area contributed by atoms with Crippen LogP contribution in [0.2, 0.25) is 0 Å². The van der Waals surface area contributed by atoms with Gasteiger partial charge in [-0.3, -0.25) is 9.89 Å². The Balaban J connectivity index is 1.58. The van der Waals surface area contributed by atoms with E-state index in [-0.39, 0.29) is 5.91 Å². The summed E-state index contributed by atoms with van der Waals surface area (Å²) in [6.45, 7) is 2.56. The lowest BCUT2D eigenvalue weighted by atomic mass is 10.3. The zero-order chi connectivity index (χ0) is 14.7. The number of hydrogen-bond donors (Lipinski definition) is 2. The SMILES string of the molecule is Cc1cccc2nc(C(=O)NCCCc3ncn[nH]3)cn12. The highest BCUT2D eigenvalue weighted by molar-refractivity contribution is 5.92. The number of rotatable bonds is 5. The number of imidazole rings is 1. The van der Waals surface area contributed by atoms with Gasteiger partial charge in [0.1, 0.15) is 23.5 Å². The van der Waals surface area contributed by atoms with Gasteiger partial charge < -0.3 is 9.72 Å². The van der Waals surface area contributed by atoms with Crippen molar-refractivity contribution in [3.05, 3.63) is 47.9 Å². The van der Waals surface area contributed by atoms with Crippen molar-refractivity contribution in [2.24, 2.45) is 0 Å². The summed E-state index contributed by atoms with van der Waals surface area (Å²) in [4.78, 5) is 20.4. The van der Waals surface area contributed by atoms with Crippen LogP contribution in [0, 0.1) is 6.92 Å². The van der Waals surface area contributed by atoms with Crippen LogP contribution in [0.25, 0.3) is 5.65 Å². The first-order valence-electron chi connectivity index (χ1n) is 6.81. The first kappa shape index (κ1) is 13.3. The highest BCUT2D eigenvalue weighted by Crippen LogP contribution is 2.08. The quantitative estimate of drug-likeness (QED) is 0.687. The molecule has 3 heterocycles. The maximum Gasteiger partial charge on any atom is 0.271 e. The van der Waals surface area contributed by atoms with Crippen LogP contribution < -0.4 is 5.32 Å². The van der Waals surface area contributed by atoms with Gasteiger partial charge in [0.2, 0.25) is 0 Å². The van der Waals surface area contributed by atoms with Crippen molar-refractivity contribution < 1.29 is 4.79 Å². The third-order valence-corrected chi connectivity index (χ3v) is 3.27. The summed E-state index contributed by atoms with van der Waals surface area (Å²) in [5.74, 6) is 0.670. The smallest absolute Gasteiger partial charge is 0.271 e. The van der Waals surface area contributed by atoms with Crippen LogP contribution in [0.4, 0.5) is 0 Å². The first-order chi connectivity index (χ1) is 10.2. The molecule has 0 spiro atoms. The van der Waals surface area contributed by atoms with E-state index in [0.717, 1.165) is 30.0 Å². The van der Waals surface area contributed by atoms with Gasteiger partial charge in [-0.15, -0.1) is 0 Å². The molecule has 0 radical (unpaired) electrons. The van der Waals surface area contributed by atoms with Crippen molar-refractivity contribution in [3.8, 4) is 0 Å². The summed E-state index contributed by atoms with van der Waals surface area (Å²) in [5, 5.41) is 9.44. The molecule has 7 nitrogen and oxygen atoms in total. The van der Waals surface area contributed by atoms with E-state index in [1.807, 2.05) is 29.5 Å². The Morgan fingerprint density at radius 1 is 1.43 bits per heavy atom. The van der Waals surface area contributed by atoms with Crippen molar-refractivity contribution in [2.45, 2.75) is 19.8 Å². The third-order valence-electron chi connectivity index (χ3n) is 3.27. The van der Waals surface area contributed by atoms with E-state index in [1.54, 1.807) is 6.20 Å². The van der Waals surface area contributed by atoms with Gasteiger partial charge in [-0.1, -0.05) is 6.07 Å². The highest BCUT2D eigenvalue weighted by atomic mass is 16.1. The van der Waals surface area contributed by atoms with Crippen LogP contribution >= 0.6 is 0 Å². The van der Waals surface area contributed by atoms with Gasteiger partial charge in [-0.25, -0.2) is 9.97 Å². The third kappa shape index (κ3) is 2.91. The second-order valence-electron chi connectivity index (χ2n) is 4.81. The van der Waals surface area contributed by atoms with E-state index < -0.39 is 0 Å². The number of H-pyrrole nitrogens is 1. The van der Waals surface area contributed by atoms with Gasteiger partial charge in [-0.05, 0) is 25.5 Å². The van der Waals surface area contributed by atoms with Gasteiger partial charge in [0, 0.05) is 24.9 Å². The summed E-state index contributed by atoms with van der Waals surface area (Å²) >= 11 is 0. The topological polar surface area (TPSA) is 88.0 Å². The summed E-state index contributed by atoms with van der Waals surface area (Å²) in [6.07, 6.45) is 4.79. The molecular formula is C14H16N6O. The molecule has 0 aliphatic rings. The van der Waals surface area contributed by atoms with Crippen molar-refractivity contribution in [1.82, 2.24) is 29.9 Å². The maximum absolute atomic E-state index is 12.1. The lowest BCUT2D eigenvalue weighted by molar-refractivity contribution is 0.0949. The van der Waals surface area contributed by atoms with Crippen LogP contribution in [-0.2, 0) is 6.42 Å². The van der Waals surface area contributed by atoms with Crippen molar-refractivity contribution in [2.75, 3.05) is 6.54 Å². The van der Waals surface area contributed by atoms with Crippen LogP contribution in [-0.4, -0.2) is 37.0 Å². The minimum Gasteiger partial charge on any atom is -0.351 e.